The largest absolute Gasteiger partial charge is 0.382 e. The highest BCUT2D eigenvalue weighted by atomic mass is 16.7. The maximum atomic E-state index is 12.9. The normalized spacial score (nSPS) is 22.0. The second-order valence-corrected chi connectivity index (χ2v) is 10.8. The van der Waals surface area contributed by atoms with Crippen molar-refractivity contribution in [1.29, 1.82) is 0 Å². The van der Waals surface area contributed by atoms with Gasteiger partial charge in [0.05, 0.1) is 6.54 Å². The molecule has 1 aromatic carbocycles. The Morgan fingerprint density at radius 2 is 1.79 bits per heavy atom. The highest BCUT2D eigenvalue weighted by molar-refractivity contribution is 6.02. The number of amides is 1. The SMILES string of the molecule is CCc1nc2c(C)cc(C)nc2n1Cc1ccc(NC2CCC(C(N)=O)(C(=O)ON3CCCC3)CC2)cc1. The minimum absolute atomic E-state index is 0.160. The third kappa shape index (κ3) is 5.12. The van der Waals surface area contributed by atoms with Gasteiger partial charge in [-0.3, -0.25) is 4.79 Å². The Morgan fingerprint density at radius 3 is 2.42 bits per heavy atom. The molecule has 9 nitrogen and oxygen atoms in total. The Bertz CT molecular complexity index is 1320. The summed E-state index contributed by atoms with van der Waals surface area (Å²) in [4.78, 5) is 40.5. The molecule has 5 rings (SSSR count). The molecule has 2 aliphatic rings. The maximum absolute atomic E-state index is 12.9. The van der Waals surface area contributed by atoms with Crippen LogP contribution in [0.15, 0.2) is 30.3 Å². The van der Waals surface area contributed by atoms with Crippen LogP contribution in [0.2, 0.25) is 0 Å². The van der Waals surface area contributed by atoms with Gasteiger partial charge in [-0.2, -0.15) is 0 Å². The number of pyridine rings is 1. The first-order chi connectivity index (χ1) is 18.3. The van der Waals surface area contributed by atoms with Crippen LogP contribution in [-0.2, 0) is 27.4 Å². The van der Waals surface area contributed by atoms with E-state index in [1.54, 1.807) is 5.06 Å². The Balaban J connectivity index is 1.23. The molecule has 3 heterocycles. The molecule has 1 saturated carbocycles. The minimum Gasteiger partial charge on any atom is -0.382 e. The molecule has 1 aliphatic carbocycles. The smallest absolute Gasteiger partial charge is 0.340 e. The molecule has 9 heteroatoms. The summed E-state index contributed by atoms with van der Waals surface area (Å²) in [6, 6.07) is 10.7. The predicted octanol–water partition coefficient (Wildman–Crippen LogP) is 4.04. The average molecular weight is 519 g/mol. The zero-order chi connectivity index (χ0) is 26.9. The van der Waals surface area contributed by atoms with Crippen molar-refractivity contribution in [3.8, 4) is 0 Å². The number of hydroxylamine groups is 2. The molecule has 3 aromatic rings. The van der Waals surface area contributed by atoms with Gasteiger partial charge in [0.25, 0.3) is 0 Å². The van der Waals surface area contributed by atoms with Crippen LogP contribution in [-0.4, -0.2) is 50.6 Å². The lowest BCUT2D eigenvalue weighted by atomic mass is 9.72. The van der Waals surface area contributed by atoms with Gasteiger partial charge < -0.3 is 20.5 Å². The van der Waals surface area contributed by atoms with Gasteiger partial charge in [0.15, 0.2) is 5.65 Å². The number of carbonyl (C=O) groups is 2. The van der Waals surface area contributed by atoms with Crippen LogP contribution in [0.5, 0.6) is 0 Å². The fourth-order valence-electron chi connectivity index (χ4n) is 5.80. The van der Waals surface area contributed by atoms with Crippen LogP contribution in [0, 0.1) is 19.3 Å². The Morgan fingerprint density at radius 1 is 1.11 bits per heavy atom. The molecule has 0 atom stereocenters. The summed E-state index contributed by atoms with van der Waals surface area (Å²) in [6.07, 6.45) is 4.96. The van der Waals surface area contributed by atoms with Crippen LogP contribution in [0.3, 0.4) is 0 Å². The first-order valence-electron chi connectivity index (χ1n) is 13.7. The van der Waals surface area contributed by atoms with Crippen molar-refractivity contribution < 1.29 is 14.4 Å². The number of imidazole rings is 1. The summed E-state index contributed by atoms with van der Waals surface area (Å²) >= 11 is 0. The highest BCUT2D eigenvalue weighted by Gasteiger charge is 2.49. The Hall–Kier alpha value is -3.46. The van der Waals surface area contributed by atoms with E-state index in [0.717, 1.165) is 53.2 Å². The van der Waals surface area contributed by atoms with E-state index < -0.39 is 17.3 Å². The molecule has 2 aromatic heterocycles. The zero-order valence-corrected chi connectivity index (χ0v) is 22.6. The van der Waals surface area contributed by atoms with E-state index in [2.05, 4.69) is 54.1 Å². The van der Waals surface area contributed by atoms with E-state index in [0.29, 0.717) is 45.3 Å². The van der Waals surface area contributed by atoms with Crippen molar-refractivity contribution in [2.75, 3.05) is 18.4 Å². The zero-order valence-electron chi connectivity index (χ0n) is 22.6. The lowest BCUT2D eigenvalue weighted by Gasteiger charge is -2.36. The van der Waals surface area contributed by atoms with E-state index in [9.17, 15) is 9.59 Å². The summed E-state index contributed by atoms with van der Waals surface area (Å²) in [5.41, 5.74) is 10.7. The molecular weight excluding hydrogens is 480 g/mol. The fraction of sp³-hybridized carbons (Fsp3) is 0.517. The number of aromatic nitrogens is 3. The van der Waals surface area contributed by atoms with E-state index in [1.165, 1.54) is 5.56 Å². The molecule has 1 aliphatic heterocycles. The number of fused-ring (bicyclic) bond motifs is 1. The van der Waals surface area contributed by atoms with Crippen LogP contribution in [0.1, 0.15) is 68.1 Å². The third-order valence-electron chi connectivity index (χ3n) is 8.06. The van der Waals surface area contributed by atoms with Gasteiger partial charge in [-0.15, -0.1) is 5.06 Å². The first-order valence-corrected chi connectivity index (χ1v) is 13.7. The van der Waals surface area contributed by atoms with Gasteiger partial charge >= 0.3 is 5.97 Å². The molecule has 1 saturated heterocycles. The number of nitrogens with one attached hydrogen (secondary N) is 1. The van der Waals surface area contributed by atoms with Crippen LogP contribution in [0.4, 0.5) is 5.69 Å². The highest BCUT2D eigenvalue weighted by Crippen LogP contribution is 2.39. The van der Waals surface area contributed by atoms with E-state index in [4.69, 9.17) is 20.5 Å². The minimum atomic E-state index is -1.24. The van der Waals surface area contributed by atoms with Gasteiger partial charge in [-0.1, -0.05) is 19.1 Å². The second-order valence-electron chi connectivity index (χ2n) is 10.8. The Kier molecular flexibility index (Phi) is 7.38. The van der Waals surface area contributed by atoms with Crippen molar-refractivity contribution in [1.82, 2.24) is 19.6 Å². The number of primary amides is 1. The van der Waals surface area contributed by atoms with Gasteiger partial charge in [0, 0.05) is 36.9 Å². The fourth-order valence-corrected chi connectivity index (χ4v) is 5.80. The number of benzene rings is 1. The van der Waals surface area contributed by atoms with Crippen molar-refractivity contribution >= 4 is 28.7 Å². The van der Waals surface area contributed by atoms with Gasteiger partial charge in [0.2, 0.25) is 5.91 Å². The van der Waals surface area contributed by atoms with Gasteiger partial charge in [-0.25, -0.2) is 14.8 Å². The number of nitrogens with two attached hydrogens (primary N) is 1. The molecule has 0 spiro atoms. The lowest BCUT2D eigenvalue weighted by molar-refractivity contribution is -0.200. The van der Waals surface area contributed by atoms with E-state index >= 15 is 0 Å². The number of nitrogens with zero attached hydrogens (tertiary/aromatic N) is 4. The number of anilines is 1. The predicted molar refractivity (Wildman–Crippen MR) is 146 cm³/mol. The molecule has 0 unspecified atom stereocenters. The van der Waals surface area contributed by atoms with E-state index in [1.807, 2.05) is 6.92 Å². The van der Waals surface area contributed by atoms with Crippen LogP contribution >= 0.6 is 0 Å². The second kappa shape index (κ2) is 10.7. The third-order valence-corrected chi connectivity index (χ3v) is 8.06. The monoisotopic (exact) mass is 518 g/mol. The van der Waals surface area contributed by atoms with Crippen molar-refractivity contribution in [2.45, 2.75) is 78.3 Å². The molecule has 0 bridgehead atoms. The van der Waals surface area contributed by atoms with E-state index in [-0.39, 0.29) is 6.04 Å². The van der Waals surface area contributed by atoms with Crippen molar-refractivity contribution in [3.05, 3.63) is 53.0 Å². The summed E-state index contributed by atoms with van der Waals surface area (Å²) in [6.45, 7) is 8.37. The summed E-state index contributed by atoms with van der Waals surface area (Å²) in [7, 11) is 0. The molecule has 38 heavy (non-hydrogen) atoms. The van der Waals surface area contributed by atoms with Crippen molar-refractivity contribution in [2.24, 2.45) is 11.1 Å². The standard InChI is InChI=1S/C29H38N6O3/c1-4-24-33-25-19(2)17-20(3)31-26(25)35(24)18-21-7-9-22(10-8-21)32-23-11-13-29(14-12-23,27(30)36)28(37)38-34-15-5-6-16-34/h7-10,17,23,32H,4-6,11-16,18H2,1-3H3,(H2,30,36). The summed E-state index contributed by atoms with van der Waals surface area (Å²) < 4.78 is 2.21. The number of carbonyl (C=O) groups excluding carboxylic acids is 2. The summed E-state index contributed by atoms with van der Waals surface area (Å²) in [5.74, 6) is -0.0392. The lowest BCUT2D eigenvalue weighted by Crippen LogP contribution is -2.50. The van der Waals surface area contributed by atoms with Crippen LogP contribution < -0.4 is 11.1 Å². The quantitative estimate of drug-likeness (QED) is 0.433. The number of aryl methyl sites for hydroxylation is 3. The molecule has 1 amide bonds. The molecule has 2 fully saturated rings. The molecule has 3 N–H and O–H groups in total. The maximum Gasteiger partial charge on any atom is 0.340 e. The van der Waals surface area contributed by atoms with Crippen molar-refractivity contribution in [3.63, 3.8) is 0 Å². The topological polar surface area (TPSA) is 115 Å². The molecule has 0 radical (unpaired) electrons. The van der Waals surface area contributed by atoms with Gasteiger partial charge in [0.1, 0.15) is 16.8 Å². The number of hydrogen-bond donors (Lipinski definition) is 2. The number of hydrogen-bond acceptors (Lipinski definition) is 7. The van der Waals surface area contributed by atoms with Gasteiger partial charge in [-0.05, 0) is 81.7 Å². The molecular formula is C29H38N6O3. The average Bonchev–Trinajstić information content (AvgIpc) is 3.53. The molecule has 202 valence electrons. The first kappa shape index (κ1) is 26.2. The van der Waals surface area contributed by atoms with Crippen LogP contribution in [0.25, 0.3) is 11.2 Å². The number of rotatable bonds is 8. The Labute approximate surface area is 223 Å². The summed E-state index contributed by atoms with van der Waals surface area (Å²) in [5, 5.41) is 5.24.